The molecule has 0 radical (unpaired) electrons. The van der Waals surface area contributed by atoms with Crippen molar-refractivity contribution in [2.24, 2.45) is 4.99 Å². The molecule has 1 aromatic rings. The van der Waals surface area contributed by atoms with Crippen LogP contribution in [0.2, 0.25) is 0 Å². The summed E-state index contributed by atoms with van der Waals surface area (Å²) in [5, 5.41) is 6.58. The molecule has 8 heteroatoms. The van der Waals surface area contributed by atoms with Crippen LogP contribution < -0.4 is 15.4 Å². The number of ether oxygens (including phenoxy) is 2. The molecule has 6 nitrogen and oxygen atoms in total. The van der Waals surface area contributed by atoms with E-state index >= 15 is 0 Å². The van der Waals surface area contributed by atoms with Crippen molar-refractivity contribution in [2.45, 2.75) is 39.3 Å². The van der Waals surface area contributed by atoms with Gasteiger partial charge in [0.05, 0.1) is 26.3 Å². The van der Waals surface area contributed by atoms with E-state index in [9.17, 15) is 4.39 Å². The fourth-order valence-corrected chi connectivity index (χ4v) is 2.90. The van der Waals surface area contributed by atoms with Crippen molar-refractivity contribution in [3.05, 3.63) is 30.1 Å². The molecule has 2 unspecified atom stereocenters. The van der Waals surface area contributed by atoms with Gasteiger partial charge in [-0.2, -0.15) is 0 Å². The van der Waals surface area contributed by atoms with Crippen LogP contribution in [0.4, 0.5) is 4.39 Å². The zero-order chi connectivity index (χ0) is 19.5. The minimum absolute atomic E-state index is 0. The third-order valence-corrected chi connectivity index (χ3v) is 4.61. The molecule has 1 fully saturated rings. The van der Waals surface area contributed by atoms with Crippen molar-refractivity contribution in [1.82, 2.24) is 15.5 Å². The molecular weight excluding hydrogens is 474 g/mol. The summed E-state index contributed by atoms with van der Waals surface area (Å²) < 4.78 is 25.0. The number of halogens is 2. The molecule has 0 spiro atoms. The highest BCUT2D eigenvalue weighted by Crippen LogP contribution is 2.17. The highest BCUT2D eigenvalue weighted by molar-refractivity contribution is 14.0. The average molecular weight is 508 g/mol. The van der Waals surface area contributed by atoms with Gasteiger partial charge in [-0.3, -0.25) is 9.89 Å². The van der Waals surface area contributed by atoms with E-state index in [2.05, 4.69) is 22.5 Å². The summed E-state index contributed by atoms with van der Waals surface area (Å²) in [7, 11) is 0. The van der Waals surface area contributed by atoms with Crippen molar-refractivity contribution in [1.29, 1.82) is 0 Å². The van der Waals surface area contributed by atoms with Gasteiger partial charge in [-0.05, 0) is 32.4 Å². The maximum absolute atomic E-state index is 13.8. The van der Waals surface area contributed by atoms with Crippen molar-refractivity contribution in [3.8, 4) is 5.75 Å². The quantitative estimate of drug-likeness (QED) is 0.305. The lowest BCUT2D eigenvalue weighted by Crippen LogP contribution is -2.45. The van der Waals surface area contributed by atoms with Crippen LogP contribution >= 0.6 is 24.0 Å². The lowest BCUT2D eigenvalue weighted by Gasteiger charge is -2.31. The van der Waals surface area contributed by atoms with Crippen molar-refractivity contribution in [3.63, 3.8) is 0 Å². The van der Waals surface area contributed by atoms with Gasteiger partial charge in [0.1, 0.15) is 6.10 Å². The van der Waals surface area contributed by atoms with E-state index in [1.54, 1.807) is 18.2 Å². The minimum atomic E-state index is -0.337. The third kappa shape index (κ3) is 8.48. The first-order valence-electron chi connectivity index (χ1n) is 9.89. The number of benzene rings is 1. The zero-order valence-electron chi connectivity index (χ0n) is 17.1. The van der Waals surface area contributed by atoms with Crippen LogP contribution in [-0.4, -0.2) is 68.9 Å². The van der Waals surface area contributed by atoms with Gasteiger partial charge in [-0.25, -0.2) is 4.39 Å². The Morgan fingerprint density at radius 1 is 1.25 bits per heavy atom. The summed E-state index contributed by atoms with van der Waals surface area (Å²) in [6, 6.07) is 6.86. The molecular formula is C20H34FIN4O2. The third-order valence-electron chi connectivity index (χ3n) is 4.61. The Bertz CT molecular complexity index is 585. The number of para-hydroxylation sites is 1. The second kappa shape index (κ2) is 13.9. The fourth-order valence-electron chi connectivity index (χ4n) is 2.90. The standard InChI is InChI=1S/C20H33FN4O2.HI/c1-4-17(27-19-9-7-6-8-18(19)21)15-24-20(22-5-2)23-14-16(3)25-10-12-26-13-11-25;/h6-9,16-17H,4-5,10-15H2,1-3H3,(H2,22,23,24);1H. The Morgan fingerprint density at radius 2 is 1.96 bits per heavy atom. The van der Waals surface area contributed by atoms with E-state index in [0.29, 0.717) is 19.1 Å². The van der Waals surface area contributed by atoms with Gasteiger partial charge in [0.15, 0.2) is 17.5 Å². The smallest absolute Gasteiger partial charge is 0.191 e. The Kier molecular flexibility index (Phi) is 12.4. The number of nitrogens with one attached hydrogen (secondary N) is 2. The lowest BCUT2D eigenvalue weighted by molar-refractivity contribution is 0.0220. The van der Waals surface area contributed by atoms with Gasteiger partial charge in [0.2, 0.25) is 0 Å². The zero-order valence-corrected chi connectivity index (χ0v) is 19.4. The predicted molar refractivity (Wildman–Crippen MR) is 122 cm³/mol. The van der Waals surface area contributed by atoms with Gasteiger partial charge in [-0.1, -0.05) is 19.1 Å². The molecule has 1 saturated heterocycles. The Labute approximate surface area is 185 Å². The van der Waals surface area contributed by atoms with Gasteiger partial charge >= 0.3 is 0 Å². The molecule has 0 aliphatic carbocycles. The van der Waals surface area contributed by atoms with Crippen LogP contribution in [0.25, 0.3) is 0 Å². The molecule has 0 aromatic heterocycles. The first-order valence-corrected chi connectivity index (χ1v) is 9.89. The molecule has 2 rings (SSSR count). The number of hydrogen-bond donors (Lipinski definition) is 2. The fraction of sp³-hybridized carbons (Fsp3) is 0.650. The van der Waals surface area contributed by atoms with Crippen LogP contribution in [-0.2, 0) is 4.74 Å². The molecule has 0 saturated carbocycles. The molecule has 1 aromatic carbocycles. The van der Waals surface area contributed by atoms with E-state index in [4.69, 9.17) is 14.5 Å². The van der Waals surface area contributed by atoms with Crippen molar-refractivity contribution < 1.29 is 13.9 Å². The molecule has 160 valence electrons. The van der Waals surface area contributed by atoms with Crippen molar-refractivity contribution >= 4 is 29.9 Å². The molecule has 1 aliphatic rings. The Hall–Kier alpha value is -1.13. The molecule has 1 heterocycles. The van der Waals surface area contributed by atoms with Crippen LogP contribution in [0.5, 0.6) is 5.75 Å². The lowest BCUT2D eigenvalue weighted by atomic mass is 10.2. The molecule has 2 atom stereocenters. The summed E-state index contributed by atoms with van der Waals surface area (Å²) >= 11 is 0. The second-order valence-electron chi connectivity index (χ2n) is 6.68. The first-order chi connectivity index (χ1) is 13.1. The molecule has 28 heavy (non-hydrogen) atoms. The van der Waals surface area contributed by atoms with Gasteiger partial charge in [0.25, 0.3) is 0 Å². The first kappa shape index (κ1) is 24.9. The maximum atomic E-state index is 13.8. The van der Waals surface area contributed by atoms with Crippen LogP contribution in [0, 0.1) is 5.82 Å². The molecule has 1 aliphatic heterocycles. The summed E-state index contributed by atoms with van der Waals surface area (Å²) in [5.41, 5.74) is 0. The highest BCUT2D eigenvalue weighted by atomic mass is 127. The Morgan fingerprint density at radius 3 is 2.61 bits per heavy atom. The SMILES string of the molecule is CCNC(=NCC(C)N1CCOCC1)NCC(CC)Oc1ccccc1F.I. The average Bonchev–Trinajstić information content (AvgIpc) is 2.70. The van der Waals surface area contributed by atoms with Crippen LogP contribution in [0.15, 0.2) is 29.3 Å². The van der Waals surface area contributed by atoms with Gasteiger partial charge in [-0.15, -0.1) is 24.0 Å². The molecule has 0 bridgehead atoms. The summed E-state index contributed by atoms with van der Waals surface area (Å²) in [4.78, 5) is 7.10. The maximum Gasteiger partial charge on any atom is 0.191 e. The number of aliphatic imine (C=N–C) groups is 1. The topological polar surface area (TPSA) is 58.1 Å². The number of hydrogen-bond acceptors (Lipinski definition) is 4. The van der Waals surface area contributed by atoms with Gasteiger partial charge in [0, 0.05) is 25.7 Å². The number of guanidine groups is 1. The van der Waals surface area contributed by atoms with Crippen LogP contribution in [0.1, 0.15) is 27.2 Å². The Balaban J connectivity index is 0.00000392. The number of nitrogens with zero attached hydrogens (tertiary/aromatic N) is 2. The van der Waals surface area contributed by atoms with Crippen LogP contribution in [0.3, 0.4) is 0 Å². The van der Waals surface area contributed by atoms with E-state index in [1.165, 1.54) is 6.07 Å². The normalized spacial score (nSPS) is 17.4. The summed E-state index contributed by atoms with van der Waals surface area (Å²) in [5.74, 6) is 0.707. The van der Waals surface area contributed by atoms with Crippen molar-refractivity contribution in [2.75, 3.05) is 45.9 Å². The monoisotopic (exact) mass is 508 g/mol. The minimum Gasteiger partial charge on any atom is -0.486 e. The van der Waals surface area contributed by atoms with E-state index in [-0.39, 0.29) is 41.6 Å². The number of morpholine rings is 1. The highest BCUT2D eigenvalue weighted by Gasteiger charge is 2.17. The largest absolute Gasteiger partial charge is 0.486 e. The summed E-state index contributed by atoms with van der Waals surface area (Å²) in [6.45, 7) is 11.8. The second-order valence-corrected chi connectivity index (χ2v) is 6.68. The summed E-state index contributed by atoms with van der Waals surface area (Å²) in [6.07, 6.45) is 0.632. The number of rotatable bonds is 9. The van der Waals surface area contributed by atoms with Gasteiger partial charge < -0.3 is 20.1 Å². The predicted octanol–water partition coefficient (Wildman–Crippen LogP) is 2.88. The van der Waals surface area contributed by atoms with E-state index < -0.39 is 0 Å². The van der Waals surface area contributed by atoms with E-state index in [1.807, 2.05) is 13.8 Å². The van der Waals surface area contributed by atoms with E-state index in [0.717, 1.165) is 45.2 Å². The molecule has 0 amide bonds. The molecule has 2 N–H and O–H groups in total.